The van der Waals surface area contributed by atoms with Gasteiger partial charge in [-0.15, -0.1) is 4.72 Å². The highest BCUT2D eigenvalue weighted by Crippen LogP contribution is 2.49. The predicted octanol–water partition coefficient (Wildman–Crippen LogP) is 6.33. The Kier molecular flexibility index (Phi) is 8.88. The SMILES string of the molecule is CO[C@@H]1C[C@@H]2C(=O)Nc3cc(ccc3F)C(N[S@@+]([O-])C(C)(C)C)(c3ccccn3)CCC3C/C3=C(\Nc3ccc(Cl)cc3)N2C1. The number of carbonyl (C=O) groups excluding carboxylic acids is 1. The molecule has 1 amide bonds. The number of fused-ring (bicyclic) bond motifs is 4. The van der Waals surface area contributed by atoms with Crippen molar-refractivity contribution in [2.45, 2.75) is 68.9 Å². The van der Waals surface area contributed by atoms with Gasteiger partial charge < -0.3 is 24.8 Å². The van der Waals surface area contributed by atoms with E-state index in [9.17, 15) is 9.35 Å². The van der Waals surface area contributed by atoms with Gasteiger partial charge in [0.15, 0.2) is 0 Å². The molecule has 0 spiro atoms. The Labute approximate surface area is 272 Å². The monoisotopic (exact) mass is 651 g/mol. The van der Waals surface area contributed by atoms with Crippen LogP contribution in [0.25, 0.3) is 0 Å². The zero-order valence-corrected chi connectivity index (χ0v) is 27.5. The van der Waals surface area contributed by atoms with Crippen molar-refractivity contribution in [1.82, 2.24) is 14.6 Å². The van der Waals surface area contributed by atoms with E-state index in [1.54, 1.807) is 25.4 Å². The topological polar surface area (TPSA) is 102 Å². The largest absolute Gasteiger partial charge is 0.598 e. The molecule has 5 atom stereocenters. The van der Waals surface area contributed by atoms with E-state index in [2.05, 4.69) is 20.3 Å². The first-order valence-electron chi connectivity index (χ1n) is 15.3. The summed E-state index contributed by atoms with van der Waals surface area (Å²) >= 11 is 4.68. The molecule has 2 bridgehead atoms. The number of allylic oxidation sites excluding steroid dienone is 1. The number of pyridine rings is 1. The van der Waals surface area contributed by atoms with E-state index in [0.29, 0.717) is 35.7 Å². The molecular formula is C34H39ClFN5O3S. The van der Waals surface area contributed by atoms with E-state index in [1.165, 1.54) is 11.6 Å². The molecule has 3 aliphatic rings. The first-order valence-corrected chi connectivity index (χ1v) is 16.8. The van der Waals surface area contributed by atoms with Crippen LogP contribution in [0.15, 0.2) is 78.3 Å². The molecule has 2 fully saturated rings. The summed E-state index contributed by atoms with van der Waals surface area (Å²) in [6, 6.07) is 17.2. The van der Waals surface area contributed by atoms with Crippen molar-refractivity contribution in [3.05, 3.63) is 100 Å². The summed E-state index contributed by atoms with van der Waals surface area (Å²) in [5, 5.41) is 7.11. The maximum atomic E-state index is 15.5. The van der Waals surface area contributed by atoms with Crippen LogP contribution < -0.4 is 15.4 Å². The van der Waals surface area contributed by atoms with E-state index in [4.69, 9.17) is 21.3 Å². The molecule has 1 aliphatic carbocycles. The minimum absolute atomic E-state index is 0.0613. The van der Waals surface area contributed by atoms with Crippen LogP contribution in [0.1, 0.15) is 57.7 Å². The third kappa shape index (κ3) is 6.57. The number of hydrogen-bond acceptors (Lipinski definition) is 7. The maximum Gasteiger partial charge on any atom is 0.247 e. The van der Waals surface area contributed by atoms with E-state index in [1.807, 2.05) is 63.2 Å². The number of carbonyl (C=O) groups is 1. The lowest BCUT2D eigenvalue weighted by atomic mass is 9.82. The lowest BCUT2D eigenvalue weighted by Crippen LogP contribution is -2.52. The first kappa shape index (κ1) is 31.8. The Morgan fingerprint density at radius 2 is 1.96 bits per heavy atom. The van der Waals surface area contributed by atoms with Gasteiger partial charge in [0, 0.05) is 48.3 Å². The van der Waals surface area contributed by atoms with Gasteiger partial charge in [0.05, 0.1) is 17.5 Å². The lowest BCUT2D eigenvalue weighted by molar-refractivity contribution is -0.119. The van der Waals surface area contributed by atoms with Crippen LogP contribution in [-0.2, 0) is 26.4 Å². The molecule has 1 aromatic heterocycles. The van der Waals surface area contributed by atoms with Crippen molar-refractivity contribution < 1.29 is 18.5 Å². The number of methoxy groups -OCH3 is 1. The van der Waals surface area contributed by atoms with Crippen LogP contribution in [0.2, 0.25) is 5.02 Å². The Bertz CT molecular complexity index is 1580. The van der Waals surface area contributed by atoms with Gasteiger partial charge in [0.25, 0.3) is 0 Å². The van der Waals surface area contributed by atoms with Gasteiger partial charge >= 0.3 is 0 Å². The first-order chi connectivity index (χ1) is 21.5. The summed E-state index contributed by atoms with van der Waals surface area (Å²) in [7, 11) is 1.65. The summed E-state index contributed by atoms with van der Waals surface area (Å²) in [6.45, 7) is 6.24. The third-order valence-corrected chi connectivity index (χ3v) is 10.8. The quantitative estimate of drug-likeness (QED) is 0.268. The molecule has 0 radical (unpaired) electrons. The summed E-state index contributed by atoms with van der Waals surface area (Å²) in [5.74, 6) is 0.192. The maximum absolute atomic E-state index is 15.5. The second-order valence-corrected chi connectivity index (χ2v) is 15.4. The van der Waals surface area contributed by atoms with E-state index >= 15 is 4.39 Å². The molecule has 1 saturated heterocycles. The molecule has 1 saturated carbocycles. The van der Waals surface area contributed by atoms with Gasteiger partial charge in [-0.05, 0) is 106 Å². The standard InChI is InChI=1S/C34H39ClFN5O3S/c1-33(2,3)45(43)40-34(30-7-5-6-16-37-30)15-14-21-17-26(21)31(38-24-11-9-23(35)10-12-24)41-20-25(44-4)19-29(41)32(42)39-28-18-22(34)8-13-27(28)36/h5-13,16,18,21,25,29,38,40H,14-15,17,19-20H2,1-4H3,(H,39,42)/b31-26-/t21?,25-,29-,34?,45+/m1/s1. The smallest absolute Gasteiger partial charge is 0.247 e. The van der Waals surface area contributed by atoms with Crippen LogP contribution in [0.4, 0.5) is 15.8 Å². The average Bonchev–Trinajstić information content (AvgIpc) is 3.66. The molecule has 45 heavy (non-hydrogen) atoms. The van der Waals surface area contributed by atoms with Gasteiger partial charge in [0.2, 0.25) is 5.91 Å². The second kappa shape index (κ2) is 12.6. The molecule has 8 nitrogen and oxygen atoms in total. The highest BCUT2D eigenvalue weighted by molar-refractivity contribution is 7.90. The van der Waals surface area contributed by atoms with Gasteiger partial charge in [-0.1, -0.05) is 23.7 Å². The number of aromatic nitrogens is 1. The van der Waals surface area contributed by atoms with Crippen LogP contribution in [-0.4, -0.2) is 50.9 Å². The van der Waals surface area contributed by atoms with Crippen LogP contribution >= 0.6 is 11.6 Å². The number of amides is 1. The van der Waals surface area contributed by atoms with Gasteiger partial charge in [-0.3, -0.25) is 9.78 Å². The minimum Gasteiger partial charge on any atom is -0.598 e. The summed E-state index contributed by atoms with van der Waals surface area (Å²) in [4.78, 5) is 20.8. The highest BCUT2D eigenvalue weighted by atomic mass is 35.5. The fraction of sp³-hybridized carbons (Fsp3) is 0.412. The zero-order valence-electron chi connectivity index (χ0n) is 25.9. The normalized spacial score (nSPS) is 27.3. The Morgan fingerprint density at radius 3 is 2.64 bits per heavy atom. The molecule has 6 rings (SSSR count). The number of hydrogen-bond donors (Lipinski definition) is 3. The minimum atomic E-state index is -1.50. The predicted molar refractivity (Wildman–Crippen MR) is 176 cm³/mol. The molecule has 11 heteroatoms. The number of benzene rings is 2. The van der Waals surface area contributed by atoms with Crippen LogP contribution in [0.3, 0.4) is 0 Å². The molecule has 2 aromatic carbocycles. The van der Waals surface area contributed by atoms with Gasteiger partial charge in [0.1, 0.15) is 28.0 Å². The summed E-state index contributed by atoms with van der Waals surface area (Å²) in [5.41, 5.74) is 2.44. The van der Waals surface area contributed by atoms with Gasteiger partial charge in [-0.2, -0.15) is 0 Å². The number of nitrogens with one attached hydrogen (secondary N) is 3. The molecule has 2 aliphatic heterocycles. The zero-order chi connectivity index (χ0) is 31.9. The van der Waals surface area contributed by atoms with E-state index in [-0.39, 0.29) is 23.6 Å². The van der Waals surface area contributed by atoms with Crippen molar-refractivity contribution in [2.24, 2.45) is 5.92 Å². The lowest BCUT2D eigenvalue weighted by Gasteiger charge is -2.38. The molecule has 3 aromatic rings. The molecule has 238 valence electrons. The second-order valence-electron chi connectivity index (χ2n) is 13.0. The molecule has 3 heterocycles. The Balaban J connectivity index is 1.49. The average molecular weight is 652 g/mol. The number of ether oxygens (including phenoxy) is 1. The van der Waals surface area contributed by atoms with E-state index in [0.717, 1.165) is 24.4 Å². The summed E-state index contributed by atoms with van der Waals surface area (Å²) in [6.07, 6.45) is 4.12. The summed E-state index contributed by atoms with van der Waals surface area (Å²) < 4.78 is 37.9. The molecular weight excluding hydrogens is 613 g/mol. The van der Waals surface area contributed by atoms with Crippen LogP contribution in [0, 0.1) is 11.7 Å². The third-order valence-electron chi connectivity index (χ3n) is 8.91. The highest BCUT2D eigenvalue weighted by Gasteiger charge is 2.48. The van der Waals surface area contributed by atoms with Crippen molar-refractivity contribution in [3.8, 4) is 0 Å². The fourth-order valence-corrected chi connectivity index (χ4v) is 7.32. The number of rotatable bonds is 6. The number of anilines is 2. The van der Waals surface area contributed by atoms with Crippen molar-refractivity contribution in [3.63, 3.8) is 0 Å². The molecule has 3 N–H and O–H groups in total. The number of halogens is 2. The van der Waals surface area contributed by atoms with E-state index < -0.39 is 33.5 Å². The van der Waals surface area contributed by atoms with Crippen molar-refractivity contribution >= 4 is 40.2 Å². The van der Waals surface area contributed by atoms with Crippen LogP contribution in [0.5, 0.6) is 0 Å². The van der Waals surface area contributed by atoms with Crippen molar-refractivity contribution in [1.29, 1.82) is 0 Å². The fourth-order valence-electron chi connectivity index (χ4n) is 6.25. The Hall–Kier alpha value is -3.15. The Morgan fingerprint density at radius 1 is 1.18 bits per heavy atom. The number of nitrogens with zero attached hydrogens (tertiary/aromatic N) is 2. The molecule has 2 unspecified atom stereocenters. The van der Waals surface area contributed by atoms with Gasteiger partial charge in [-0.25, -0.2) is 4.39 Å². The van der Waals surface area contributed by atoms with Crippen molar-refractivity contribution in [2.75, 3.05) is 24.3 Å².